The highest BCUT2D eigenvalue weighted by atomic mass is 35.5. The minimum atomic E-state index is -0.133. The molecule has 5 rings (SSSR count). The molecule has 0 radical (unpaired) electrons. The van der Waals surface area contributed by atoms with Gasteiger partial charge in [-0.2, -0.15) is 0 Å². The number of rotatable bonds is 3. The molecule has 3 aromatic rings. The van der Waals surface area contributed by atoms with Crippen molar-refractivity contribution < 1.29 is 9.84 Å². The van der Waals surface area contributed by atoms with Gasteiger partial charge >= 0.3 is 0 Å². The van der Waals surface area contributed by atoms with Gasteiger partial charge in [0.25, 0.3) is 0 Å². The molecule has 3 aromatic carbocycles. The van der Waals surface area contributed by atoms with E-state index >= 15 is 0 Å². The molecule has 1 aliphatic heterocycles. The lowest BCUT2D eigenvalue weighted by molar-refractivity contribution is 0.0821. The van der Waals surface area contributed by atoms with E-state index in [9.17, 15) is 5.11 Å². The first-order valence-corrected chi connectivity index (χ1v) is 9.58. The van der Waals surface area contributed by atoms with Crippen molar-refractivity contribution in [3.63, 3.8) is 0 Å². The van der Waals surface area contributed by atoms with Gasteiger partial charge in [-0.05, 0) is 34.9 Å². The zero-order valence-electron chi connectivity index (χ0n) is 14.8. The van der Waals surface area contributed by atoms with Crippen LogP contribution in [0.1, 0.15) is 34.3 Å². The Morgan fingerprint density at radius 3 is 2.63 bits per heavy atom. The summed E-state index contributed by atoms with van der Waals surface area (Å²) in [6.45, 7) is 0.523. The van der Waals surface area contributed by atoms with Crippen molar-refractivity contribution in [2.24, 2.45) is 0 Å². The van der Waals surface area contributed by atoms with Gasteiger partial charge in [-0.3, -0.25) is 4.90 Å². The van der Waals surface area contributed by atoms with Gasteiger partial charge in [0.15, 0.2) is 0 Å². The molecule has 0 aromatic heterocycles. The summed E-state index contributed by atoms with van der Waals surface area (Å²) >= 11 is 6.29. The zero-order chi connectivity index (χ0) is 18.4. The summed E-state index contributed by atoms with van der Waals surface area (Å²) in [6.07, 6.45) is 1.08. The van der Waals surface area contributed by atoms with Crippen LogP contribution in [0.3, 0.4) is 0 Å². The molecule has 0 unspecified atom stereocenters. The Morgan fingerprint density at radius 1 is 1.00 bits per heavy atom. The van der Waals surface area contributed by atoms with Gasteiger partial charge in [0.2, 0.25) is 0 Å². The zero-order valence-corrected chi connectivity index (χ0v) is 15.5. The summed E-state index contributed by atoms with van der Waals surface area (Å²) in [7, 11) is 0. The third-order valence-corrected chi connectivity index (χ3v) is 5.91. The van der Waals surface area contributed by atoms with Crippen LogP contribution in [0.15, 0.2) is 72.8 Å². The highest BCUT2D eigenvalue weighted by molar-refractivity contribution is 6.30. The lowest BCUT2D eigenvalue weighted by Crippen LogP contribution is -2.30. The van der Waals surface area contributed by atoms with Gasteiger partial charge in [-0.25, -0.2) is 0 Å². The van der Waals surface area contributed by atoms with E-state index in [0.29, 0.717) is 11.8 Å². The first-order chi connectivity index (χ1) is 13.2. The van der Waals surface area contributed by atoms with Crippen molar-refractivity contribution in [2.75, 3.05) is 6.73 Å². The van der Waals surface area contributed by atoms with Crippen LogP contribution in [0.2, 0.25) is 5.02 Å². The van der Waals surface area contributed by atoms with Gasteiger partial charge in [-0.1, -0.05) is 66.2 Å². The fourth-order valence-electron chi connectivity index (χ4n) is 4.51. The Bertz CT molecular complexity index is 975. The molecule has 0 spiro atoms. The molecule has 0 saturated carbocycles. The number of nitrogens with zero attached hydrogens (tertiary/aromatic N) is 1. The second-order valence-electron chi connectivity index (χ2n) is 7.21. The van der Waals surface area contributed by atoms with E-state index in [1.165, 1.54) is 11.1 Å². The predicted octanol–water partition coefficient (Wildman–Crippen LogP) is 5.09. The maximum absolute atomic E-state index is 10.6. The lowest BCUT2D eigenvalue weighted by atomic mass is 9.94. The largest absolute Gasteiger partial charge is 0.508 e. The number of aromatic hydroxyl groups is 1. The van der Waals surface area contributed by atoms with E-state index in [2.05, 4.69) is 41.3 Å². The van der Waals surface area contributed by atoms with Crippen LogP contribution < -0.4 is 0 Å². The van der Waals surface area contributed by atoms with Crippen LogP contribution in [0.5, 0.6) is 5.75 Å². The van der Waals surface area contributed by atoms with Crippen LogP contribution in [0.25, 0.3) is 0 Å². The van der Waals surface area contributed by atoms with Crippen molar-refractivity contribution in [2.45, 2.75) is 24.6 Å². The molecule has 1 N–H and O–H groups in total. The van der Waals surface area contributed by atoms with Crippen molar-refractivity contribution >= 4 is 11.6 Å². The molecule has 1 aliphatic carbocycles. The maximum Gasteiger partial charge on any atom is 0.120 e. The Hall–Kier alpha value is -2.33. The molecule has 0 amide bonds. The molecule has 3 atom stereocenters. The quantitative estimate of drug-likeness (QED) is 0.690. The van der Waals surface area contributed by atoms with E-state index in [4.69, 9.17) is 16.3 Å². The van der Waals surface area contributed by atoms with Crippen LogP contribution in [-0.2, 0) is 11.2 Å². The van der Waals surface area contributed by atoms with E-state index in [0.717, 1.165) is 17.5 Å². The Balaban J connectivity index is 1.65. The Kier molecular flexibility index (Phi) is 4.16. The number of phenolic OH excluding ortho intramolecular Hbond substituents is 1. The summed E-state index contributed by atoms with van der Waals surface area (Å²) < 4.78 is 6.18. The second-order valence-corrected chi connectivity index (χ2v) is 7.65. The van der Waals surface area contributed by atoms with E-state index in [1.807, 2.05) is 24.3 Å². The van der Waals surface area contributed by atoms with Crippen molar-refractivity contribution in [3.05, 3.63) is 100 Å². The Labute approximate surface area is 163 Å². The van der Waals surface area contributed by atoms with Crippen molar-refractivity contribution in [3.8, 4) is 5.75 Å². The van der Waals surface area contributed by atoms with Crippen LogP contribution >= 0.6 is 11.6 Å². The van der Waals surface area contributed by atoms with E-state index in [1.54, 1.807) is 12.1 Å². The average Bonchev–Trinajstić information content (AvgIpc) is 3.25. The lowest BCUT2D eigenvalue weighted by Gasteiger charge is -2.33. The standard InChI is InChI=1S/C23H20ClNO2/c24-17-10-11-20(26)19(13-17)22(15-6-2-1-3-7-15)25-14-27-21-12-16-8-4-5-9-18(16)23(21)25/h1-11,13,21-23,26H,12,14H2/t21-,22-,23+/m1/s1. The SMILES string of the molecule is Oc1ccc(Cl)cc1[C@@H](c1ccccc1)N1CO[C@@H]2Cc3ccccc3[C@@H]21. The second kappa shape index (κ2) is 6.68. The predicted molar refractivity (Wildman–Crippen MR) is 106 cm³/mol. The summed E-state index contributed by atoms with van der Waals surface area (Å²) in [5, 5.41) is 11.3. The van der Waals surface area contributed by atoms with Crippen LogP contribution in [0, 0.1) is 0 Å². The molecule has 27 heavy (non-hydrogen) atoms. The van der Waals surface area contributed by atoms with Crippen LogP contribution in [-0.4, -0.2) is 22.8 Å². The monoisotopic (exact) mass is 377 g/mol. The topological polar surface area (TPSA) is 32.7 Å². The summed E-state index contributed by atoms with van der Waals surface area (Å²) in [6, 6.07) is 24.1. The van der Waals surface area contributed by atoms with Gasteiger partial charge in [0.1, 0.15) is 12.5 Å². The Morgan fingerprint density at radius 2 is 1.78 bits per heavy atom. The smallest absolute Gasteiger partial charge is 0.120 e. The molecule has 1 fully saturated rings. The minimum Gasteiger partial charge on any atom is -0.508 e. The number of halogens is 1. The average molecular weight is 378 g/mol. The molecule has 1 saturated heterocycles. The molecule has 4 heteroatoms. The minimum absolute atomic E-state index is 0.133. The van der Waals surface area contributed by atoms with Crippen molar-refractivity contribution in [1.29, 1.82) is 0 Å². The molecule has 2 aliphatic rings. The first kappa shape index (κ1) is 16.8. The molecule has 136 valence electrons. The number of ether oxygens (including phenoxy) is 1. The van der Waals surface area contributed by atoms with Gasteiger partial charge < -0.3 is 9.84 Å². The number of hydrogen-bond acceptors (Lipinski definition) is 3. The van der Waals surface area contributed by atoms with Gasteiger partial charge in [-0.15, -0.1) is 0 Å². The summed E-state index contributed by atoms with van der Waals surface area (Å²) in [5.41, 5.74) is 4.59. The van der Waals surface area contributed by atoms with Gasteiger partial charge in [0, 0.05) is 17.0 Å². The molecular formula is C23H20ClNO2. The summed E-state index contributed by atoms with van der Waals surface area (Å²) in [5.74, 6) is 0.253. The normalized spacial score (nSPS) is 22.4. The third-order valence-electron chi connectivity index (χ3n) is 5.67. The molecule has 3 nitrogen and oxygen atoms in total. The molecule has 1 heterocycles. The van der Waals surface area contributed by atoms with Crippen molar-refractivity contribution in [1.82, 2.24) is 4.90 Å². The number of hydrogen-bond donors (Lipinski definition) is 1. The summed E-state index contributed by atoms with van der Waals surface area (Å²) in [4.78, 5) is 2.34. The third kappa shape index (κ3) is 2.83. The molecular weight excluding hydrogens is 358 g/mol. The number of benzene rings is 3. The van der Waals surface area contributed by atoms with Crippen LogP contribution in [0.4, 0.5) is 0 Å². The highest BCUT2D eigenvalue weighted by Gasteiger charge is 2.45. The first-order valence-electron chi connectivity index (χ1n) is 9.21. The van der Waals surface area contributed by atoms with E-state index in [-0.39, 0.29) is 23.9 Å². The highest BCUT2D eigenvalue weighted by Crippen LogP contribution is 2.48. The fourth-order valence-corrected chi connectivity index (χ4v) is 4.69. The molecule has 0 bridgehead atoms. The van der Waals surface area contributed by atoms with Gasteiger partial charge in [0.05, 0.1) is 18.2 Å². The fraction of sp³-hybridized carbons (Fsp3) is 0.217. The number of phenols is 1. The maximum atomic E-state index is 10.6. The number of fused-ring (bicyclic) bond motifs is 3. The van der Waals surface area contributed by atoms with E-state index < -0.39 is 0 Å².